The third kappa shape index (κ3) is 3.23. The minimum atomic E-state index is 0.984. The summed E-state index contributed by atoms with van der Waals surface area (Å²) < 4.78 is 0. The number of nitrogens with zero attached hydrogens (tertiary/aromatic N) is 1. The van der Waals surface area contributed by atoms with Gasteiger partial charge in [-0.3, -0.25) is 0 Å². The van der Waals surface area contributed by atoms with Gasteiger partial charge in [0.15, 0.2) is 0 Å². The number of aromatic nitrogens is 1. The molecule has 0 aliphatic carbocycles. The molecule has 0 radical (unpaired) electrons. The Morgan fingerprint density at radius 1 is 1.06 bits per heavy atom. The molecule has 0 amide bonds. The average molecular weight is 242 g/mol. The van der Waals surface area contributed by atoms with Crippen LogP contribution in [0.1, 0.15) is 22.4 Å². The number of nitrogens with one attached hydrogen (secondary N) is 1. The molecule has 1 heterocycles. The molecule has 0 unspecified atom stereocenters. The zero-order chi connectivity index (χ0) is 13.0. The van der Waals surface area contributed by atoms with Gasteiger partial charge in [-0.05, 0) is 50.6 Å². The highest BCUT2D eigenvalue weighted by molar-refractivity contribution is 5.31. The smallest absolute Gasteiger partial charge is 0.0381 e. The summed E-state index contributed by atoms with van der Waals surface area (Å²) in [7, 11) is 4.22. The van der Waals surface area contributed by atoms with E-state index in [1.54, 1.807) is 0 Å². The Labute approximate surface area is 110 Å². The molecule has 0 fully saturated rings. The fourth-order valence-electron chi connectivity index (χ4n) is 2.33. The van der Waals surface area contributed by atoms with Gasteiger partial charge >= 0.3 is 0 Å². The Morgan fingerprint density at radius 3 is 2.44 bits per heavy atom. The van der Waals surface area contributed by atoms with Gasteiger partial charge < -0.3 is 9.88 Å². The van der Waals surface area contributed by atoms with E-state index in [4.69, 9.17) is 0 Å². The summed E-state index contributed by atoms with van der Waals surface area (Å²) in [4.78, 5) is 5.61. The monoisotopic (exact) mass is 242 g/mol. The zero-order valence-electron chi connectivity index (χ0n) is 11.5. The summed E-state index contributed by atoms with van der Waals surface area (Å²) in [5, 5.41) is 0. The van der Waals surface area contributed by atoms with Crippen molar-refractivity contribution < 1.29 is 0 Å². The van der Waals surface area contributed by atoms with Crippen LogP contribution in [0, 0.1) is 6.92 Å². The van der Waals surface area contributed by atoms with E-state index in [0.29, 0.717) is 0 Å². The molecule has 0 aliphatic heterocycles. The average Bonchev–Trinajstić information content (AvgIpc) is 2.68. The van der Waals surface area contributed by atoms with Crippen LogP contribution in [0.4, 0.5) is 0 Å². The predicted octanol–water partition coefficient (Wildman–Crippen LogP) is 3.17. The summed E-state index contributed by atoms with van der Waals surface area (Å²) >= 11 is 0. The summed E-state index contributed by atoms with van der Waals surface area (Å²) in [6.45, 7) is 3.17. The molecule has 0 atom stereocenters. The lowest BCUT2D eigenvalue weighted by Crippen LogP contribution is -2.12. The summed E-state index contributed by atoms with van der Waals surface area (Å²) in [5.41, 5.74) is 5.62. The second-order valence-electron chi connectivity index (χ2n) is 5.15. The van der Waals surface area contributed by atoms with Crippen molar-refractivity contribution in [3.8, 4) is 0 Å². The van der Waals surface area contributed by atoms with E-state index in [2.05, 4.69) is 67.4 Å². The lowest BCUT2D eigenvalue weighted by molar-refractivity contribution is 0.396. The molecule has 2 rings (SSSR count). The molecule has 0 aliphatic rings. The van der Waals surface area contributed by atoms with E-state index < -0.39 is 0 Å². The highest BCUT2D eigenvalue weighted by atomic mass is 15.1. The van der Waals surface area contributed by atoms with E-state index in [1.165, 1.54) is 22.4 Å². The Hall–Kier alpha value is -1.54. The topological polar surface area (TPSA) is 19.0 Å². The van der Waals surface area contributed by atoms with E-state index in [-0.39, 0.29) is 0 Å². The second kappa shape index (κ2) is 5.87. The van der Waals surface area contributed by atoms with Crippen LogP contribution in [0.2, 0.25) is 0 Å². The molecule has 0 saturated heterocycles. The molecule has 1 aromatic carbocycles. The number of hydrogen-bond acceptors (Lipinski definition) is 1. The largest absolute Gasteiger partial charge is 0.363 e. The third-order valence-corrected chi connectivity index (χ3v) is 3.28. The third-order valence-electron chi connectivity index (χ3n) is 3.28. The molecule has 1 aromatic heterocycles. The minimum absolute atomic E-state index is 0.984. The van der Waals surface area contributed by atoms with Crippen molar-refractivity contribution in [3.63, 3.8) is 0 Å². The Balaban J connectivity index is 2.06. The van der Waals surface area contributed by atoms with Crippen LogP contribution in [0.5, 0.6) is 0 Å². The lowest BCUT2D eigenvalue weighted by atomic mass is 10.0. The Kier molecular flexibility index (Phi) is 4.21. The highest BCUT2D eigenvalue weighted by Gasteiger charge is 2.09. The van der Waals surface area contributed by atoms with E-state index in [1.807, 2.05) is 0 Å². The number of benzene rings is 1. The first-order valence-electron chi connectivity index (χ1n) is 6.51. The fourth-order valence-corrected chi connectivity index (χ4v) is 2.33. The van der Waals surface area contributed by atoms with Gasteiger partial charge in [0.2, 0.25) is 0 Å². The normalized spacial score (nSPS) is 11.1. The van der Waals surface area contributed by atoms with E-state index >= 15 is 0 Å². The van der Waals surface area contributed by atoms with Crippen LogP contribution < -0.4 is 0 Å². The van der Waals surface area contributed by atoms with Crippen LogP contribution >= 0.6 is 0 Å². The highest BCUT2D eigenvalue weighted by Crippen LogP contribution is 2.17. The van der Waals surface area contributed by atoms with Crippen molar-refractivity contribution in [1.82, 2.24) is 9.88 Å². The van der Waals surface area contributed by atoms with Gasteiger partial charge in [-0.25, -0.2) is 0 Å². The second-order valence-corrected chi connectivity index (χ2v) is 5.15. The number of aryl methyl sites for hydroxylation is 2. The molecule has 0 spiro atoms. The molecule has 18 heavy (non-hydrogen) atoms. The number of hydrogen-bond donors (Lipinski definition) is 1. The predicted molar refractivity (Wildman–Crippen MR) is 76.8 cm³/mol. The number of rotatable bonds is 5. The maximum atomic E-state index is 3.40. The standard InChI is InChI=1S/C16H22N2/c1-13-11-17-16(12-18(2)3)15(13)10-9-14-7-5-4-6-8-14/h4-8,11,17H,9-10,12H2,1-3H3. The van der Waals surface area contributed by atoms with Crippen molar-refractivity contribution >= 4 is 0 Å². The molecule has 2 nitrogen and oxygen atoms in total. The van der Waals surface area contributed by atoms with Gasteiger partial charge in [-0.1, -0.05) is 30.3 Å². The van der Waals surface area contributed by atoms with Crippen LogP contribution in [-0.2, 0) is 19.4 Å². The van der Waals surface area contributed by atoms with Crippen LogP contribution in [-0.4, -0.2) is 24.0 Å². The van der Waals surface area contributed by atoms with Gasteiger partial charge in [0.05, 0.1) is 0 Å². The molecular weight excluding hydrogens is 220 g/mol. The first-order chi connectivity index (χ1) is 8.66. The van der Waals surface area contributed by atoms with Crippen molar-refractivity contribution in [1.29, 1.82) is 0 Å². The minimum Gasteiger partial charge on any atom is -0.363 e. The van der Waals surface area contributed by atoms with Gasteiger partial charge in [-0.2, -0.15) is 0 Å². The van der Waals surface area contributed by atoms with Crippen molar-refractivity contribution in [2.24, 2.45) is 0 Å². The van der Waals surface area contributed by atoms with Gasteiger partial charge in [0.1, 0.15) is 0 Å². The Bertz CT molecular complexity index is 483. The van der Waals surface area contributed by atoms with E-state index in [9.17, 15) is 0 Å². The first-order valence-corrected chi connectivity index (χ1v) is 6.51. The van der Waals surface area contributed by atoms with Gasteiger partial charge in [0.25, 0.3) is 0 Å². The number of aromatic amines is 1. The molecule has 2 heteroatoms. The first kappa shape index (κ1) is 12.9. The van der Waals surface area contributed by atoms with Crippen LogP contribution in [0.3, 0.4) is 0 Å². The molecule has 2 aromatic rings. The SMILES string of the molecule is Cc1c[nH]c(CN(C)C)c1CCc1ccccc1. The van der Waals surface area contributed by atoms with E-state index in [0.717, 1.165) is 19.4 Å². The molecular formula is C16H22N2. The summed E-state index contributed by atoms with van der Waals surface area (Å²) in [6.07, 6.45) is 4.35. The number of H-pyrrole nitrogens is 1. The van der Waals surface area contributed by atoms with Crippen molar-refractivity contribution in [2.45, 2.75) is 26.3 Å². The molecule has 0 bridgehead atoms. The Morgan fingerprint density at radius 2 is 1.78 bits per heavy atom. The molecule has 1 N–H and O–H groups in total. The lowest BCUT2D eigenvalue weighted by Gasteiger charge is -2.11. The van der Waals surface area contributed by atoms with Crippen LogP contribution in [0.25, 0.3) is 0 Å². The van der Waals surface area contributed by atoms with Crippen molar-refractivity contribution in [2.75, 3.05) is 14.1 Å². The van der Waals surface area contributed by atoms with Gasteiger partial charge in [0, 0.05) is 18.4 Å². The summed E-state index contributed by atoms with van der Waals surface area (Å²) in [6, 6.07) is 10.7. The maximum Gasteiger partial charge on any atom is 0.0381 e. The summed E-state index contributed by atoms with van der Waals surface area (Å²) in [5.74, 6) is 0. The van der Waals surface area contributed by atoms with Crippen molar-refractivity contribution in [3.05, 3.63) is 58.9 Å². The maximum absolute atomic E-state index is 3.40. The quantitative estimate of drug-likeness (QED) is 0.853. The molecule has 0 saturated carbocycles. The fraction of sp³-hybridized carbons (Fsp3) is 0.375. The molecule has 96 valence electrons. The van der Waals surface area contributed by atoms with Gasteiger partial charge in [-0.15, -0.1) is 0 Å². The zero-order valence-corrected chi connectivity index (χ0v) is 11.5. The van der Waals surface area contributed by atoms with Crippen LogP contribution in [0.15, 0.2) is 36.5 Å².